The molecule has 0 fully saturated rings. The molecular formula is C73H142O6. The zero-order valence-corrected chi connectivity index (χ0v) is 54.2. The highest BCUT2D eigenvalue weighted by Crippen LogP contribution is 2.20. The normalized spacial score (nSPS) is 11.9. The van der Waals surface area contributed by atoms with E-state index in [1.54, 1.807) is 0 Å². The van der Waals surface area contributed by atoms with Crippen molar-refractivity contribution in [3.8, 4) is 0 Å². The van der Waals surface area contributed by atoms with Crippen molar-refractivity contribution in [2.75, 3.05) is 13.2 Å². The van der Waals surface area contributed by atoms with Crippen LogP contribution in [0.2, 0.25) is 0 Å². The molecule has 0 rings (SSSR count). The first-order valence-electron chi connectivity index (χ1n) is 36.5. The molecule has 0 amide bonds. The summed E-state index contributed by atoms with van der Waals surface area (Å²) in [6, 6.07) is 0. The van der Waals surface area contributed by atoms with Crippen LogP contribution in [-0.4, -0.2) is 37.2 Å². The van der Waals surface area contributed by atoms with Crippen molar-refractivity contribution < 1.29 is 28.6 Å². The lowest BCUT2D eigenvalue weighted by Crippen LogP contribution is -2.30. The molecule has 0 saturated carbocycles. The number of carbonyl (C=O) groups is 3. The first-order valence-corrected chi connectivity index (χ1v) is 36.5. The van der Waals surface area contributed by atoms with E-state index in [2.05, 4.69) is 20.8 Å². The average Bonchev–Trinajstić information content (AvgIpc) is 3.45. The second-order valence-electron chi connectivity index (χ2n) is 25.2. The summed E-state index contributed by atoms with van der Waals surface area (Å²) >= 11 is 0. The van der Waals surface area contributed by atoms with Gasteiger partial charge in [-0.1, -0.05) is 393 Å². The summed E-state index contributed by atoms with van der Waals surface area (Å²) < 4.78 is 17.0. The lowest BCUT2D eigenvalue weighted by atomic mass is 10.0. The van der Waals surface area contributed by atoms with Gasteiger partial charge >= 0.3 is 17.9 Å². The van der Waals surface area contributed by atoms with Gasteiger partial charge in [-0.3, -0.25) is 14.4 Å². The van der Waals surface area contributed by atoms with Crippen LogP contribution < -0.4 is 0 Å². The maximum atomic E-state index is 13.0. The second kappa shape index (κ2) is 68.9. The third-order valence-electron chi connectivity index (χ3n) is 17.1. The first kappa shape index (κ1) is 77.4. The second-order valence-corrected chi connectivity index (χ2v) is 25.2. The van der Waals surface area contributed by atoms with E-state index in [1.165, 1.54) is 334 Å². The molecule has 0 saturated heterocycles. The molecule has 0 aliphatic rings. The van der Waals surface area contributed by atoms with Crippen molar-refractivity contribution in [3.63, 3.8) is 0 Å². The number of hydrogen-bond acceptors (Lipinski definition) is 6. The van der Waals surface area contributed by atoms with Gasteiger partial charge in [0.05, 0.1) is 0 Å². The van der Waals surface area contributed by atoms with Crippen LogP contribution in [0.5, 0.6) is 0 Å². The summed E-state index contributed by atoms with van der Waals surface area (Å²) in [5, 5.41) is 0. The van der Waals surface area contributed by atoms with Crippen molar-refractivity contribution in [2.45, 2.75) is 438 Å². The molecule has 6 nitrogen and oxygen atoms in total. The summed E-state index contributed by atoms with van der Waals surface area (Å²) in [6.45, 7) is 6.76. The molecular weight excluding hydrogens is 973 g/mol. The van der Waals surface area contributed by atoms with Crippen LogP contribution in [-0.2, 0) is 28.6 Å². The fraction of sp³-hybridized carbons (Fsp3) is 0.959. The minimum atomic E-state index is -0.764. The Labute approximate surface area is 495 Å². The number of esters is 3. The van der Waals surface area contributed by atoms with Crippen molar-refractivity contribution in [1.82, 2.24) is 0 Å². The smallest absolute Gasteiger partial charge is 0.306 e. The minimum Gasteiger partial charge on any atom is -0.462 e. The van der Waals surface area contributed by atoms with E-state index < -0.39 is 6.10 Å². The van der Waals surface area contributed by atoms with Crippen LogP contribution >= 0.6 is 0 Å². The van der Waals surface area contributed by atoms with E-state index in [4.69, 9.17) is 14.2 Å². The van der Waals surface area contributed by atoms with E-state index in [9.17, 15) is 14.4 Å². The van der Waals surface area contributed by atoms with Crippen LogP contribution in [0, 0.1) is 0 Å². The first-order chi connectivity index (χ1) is 39.0. The molecule has 0 heterocycles. The third-order valence-corrected chi connectivity index (χ3v) is 17.1. The van der Waals surface area contributed by atoms with Gasteiger partial charge in [-0.05, 0) is 19.3 Å². The summed E-state index contributed by atoms with van der Waals surface area (Å²) in [7, 11) is 0. The van der Waals surface area contributed by atoms with Gasteiger partial charge in [0.15, 0.2) is 6.10 Å². The number of rotatable bonds is 69. The molecule has 0 bridgehead atoms. The minimum absolute atomic E-state index is 0.0599. The largest absolute Gasteiger partial charge is 0.462 e. The maximum Gasteiger partial charge on any atom is 0.306 e. The summed E-state index contributed by atoms with van der Waals surface area (Å²) in [6.07, 6.45) is 81.3. The van der Waals surface area contributed by atoms with Gasteiger partial charge in [0, 0.05) is 19.3 Å². The van der Waals surface area contributed by atoms with Gasteiger partial charge in [0.1, 0.15) is 13.2 Å². The van der Waals surface area contributed by atoms with Crippen molar-refractivity contribution >= 4 is 17.9 Å². The van der Waals surface area contributed by atoms with Gasteiger partial charge in [-0.2, -0.15) is 0 Å². The van der Waals surface area contributed by atoms with Gasteiger partial charge in [0.25, 0.3) is 0 Å². The Hall–Kier alpha value is -1.59. The molecule has 6 heteroatoms. The molecule has 0 aliphatic heterocycles. The Morgan fingerprint density at radius 3 is 0.506 bits per heavy atom. The van der Waals surface area contributed by atoms with Crippen LogP contribution in [0.4, 0.5) is 0 Å². The molecule has 470 valence electrons. The molecule has 0 spiro atoms. The predicted molar refractivity (Wildman–Crippen MR) is 344 cm³/mol. The molecule has 0 aromatic rings. The lowest BCUT2D eigenvalue weighted by molar-refractivity contribution is -0.167. The molecule has 1 unspecified atom stereocenters. The fourth-order valence-corrected chi connectivity index (χ4v) is 11.6. The zero-order valence-electron chi connectivity index (χ0n) is 54.2. The zero-order chi connectivity index (χ0) is 57.1. The maximum absolute atomic E-state index is 13.0. The Bertz CT molecular complexity index is 1190. The number of hydrogen-bond donors (Lipinski definition) is 0. The third kappa shape index (κ3) is 67.1. The number of carbonyl (C=O) groups excluding carboxylic acids is 3. The predicted octanol–water partition coefficient (Wildman–Crippen LogP) is 25.0. The molecule has 0 aromatic carbocycles. The van der Waals surface area contributed by atoms with Gasteiger partial charge in [-0.15, -0.1) is 0 Å². The SMILES string of the molecule is CCCCCCCCCCCCCCCCCCCCCCCCCC(=O)OCC(COC(=O)CCCCCCCCCCCCCCCCCCCC)OC(=O)CCCCCCCCCCCCCCCCCCCCCC. The van der Waals surface area contributed by atoms with Gasteiger partial charge < -0.3 is 14.2 Å². The van der Waals surface area contributed by atoms with E-state index in [-0.39, 0.29) is 31.1 Å². The Morgan fingerprint density at radius 1 is 0.203 bits per heavy atom. The van der Waals surface area contributed by atoms with Crippen LogP contribution in [0.1, 0.15) is 432 Å². The van der Waals surface area contributed by atoms with E-state index in [0.29, 0.717) is 19.3 Å². The summed E-state index contributed by atoms with van der Waals surface area (Å²) in [4.78, 5) is 38.5. The molecule has 0 aromatic heterocycles. The van der Waals surface area contributed by atoms with Crippen molar-refractivity contribution in [3.05, 3.63) is 0 Å². The Kier molecular flexibility index (Phi) is 67.5. The van der Waals surface area contributed by atoms with Gasteiger partial charge in [0.2, 0.25) is 0 Å². The standard InChI is InChI=1S/C73H142O6/c1-4-7-10-13-16-19-22-25-28-31-34-36-37-38-40-42-45-48-51-54-57-60-63-66-72(75)78-69-70(68-77-71(74)65-62-59-56-53-50-47-44-41-33-30-27-24-21-18-15-12-9-6-3)79-73(76)67-64-61-58-55-52-49-46-43-39-35-32-29-26-23-20-17-14-11-8-5-2/h70H,4-69H2,1-3H3. The monoisotopic (exact) mass is 1120 g/mol. The topological polar surface area (TPSA) is 78.9 Å². The molecule has 0 N–H and O–H groups in total. The van der Waals surface area contributed by atoms with E-state index in [1.807, 2.05) is 0 Å². The Morgan fingerprint density at radius 2 is 0.342 bits per heavy atom. The average molecular weight is 1120 g/mol. The van der Waals surface area contributed by atoms with E-state index in [0.717, 1.165) is 57.8 Å². The van der Waals surface area contributed by atoms with Crippen molar-refractivity contribution in [1.29, 1.82) is 0 Å². The molecule has 1 atom stereocenters. The highest BCUT2D eigenvalue weighted by atomic mass is 16.6. The Balaban J connectivity index is 4.25. The summed E-state index contributed by atoms with van der Waals surface area (Å²) in [5.41, 5.74) is 0. The number of ether oxygens (including phenoxy) is 3. The quantitative estimate of drug-likeness (QED) is 0.0343. The van der Waals surface area contributed by atoms with Crippen LogP contribution in [0.15, 0.2) is 0 Å². The summed E-state index contributed by atoms with van der Waals surface area (Å²) in [5.74, 6) is -0.815. The van der Waals surface area contributed by atoms with Crippen LogP contribution in [0.3, 0.4) is 0 Å². The van der Waals surface area contributed by atoms with Gasteiger partial charge in [-0.25, -0.2) is 0 Å². The highest BCUT2D eigenvalue weighted by Gasteiger charge is 2.20. The van der Waals surface area contributed by atoms with Crippen LogP contribution in [0.25, 0.3) is 0 Å². The highest BCUT2D eigenvalue weighted by molar-refractivity contribution is 5.71. The van der Waals surface area contributed by atoms with E-state index >= 15 is 0 Å². The number of unbranched alkanes of at least 4 members (excludes halogenated alkanes) is 58. The molecule has 0 radical (unpaired) electrons. The molecule has 0 aliphatic carbocycles. The fourth-order valence-electron chi connectivity index (χ4n) is 11.6. The lowest BCUT2D eigenvalue weighted by Gasteiger charge is -2.18. The molecule has 79 heavy (non-hydrogen) atoms. The van der Waals surface area contributed by atoms with Crippen molar-refractivity contribution in [2.24, 2.45) is 0 Å².